The predicted octanol–water partition coefficient (Wildman–Crippen LogP) is -3.74. The normalized spacial score (nSPS) is 14.8. The number of rotatable bonds is 8. The van der Waals surface area contributed by atoms with E-state index in [4.69, 9.17) is 21.7 Å². The van der Waals surface area contributed by atoms with Crippen LogP contribution in [0.5, 0.6) is 0 Å². The number of nitrogens with two attached hydrogens (primary N) is 2. The van der Waals surface area contributed by atoms with Crippen LogP contribution in [0.3, 0.4) is 0 Å². The zero-order valence-electron chi connectivity index (χ0n) is 10.8. The number of aliphatic carboxylic acids is 1. The van der Waals surface area contributed by atoms with Crippen LogP contribution in [0.1, 0.15) is 13.3 Å². The van der Waals surface area contributed by atoms with Gasteiger partial charge in [-0.2, -0.15) is 0 Å². The van der Waals surface area contributed by atoms with Crippen molar-refractivity contribution >= 4 is 23.7 Å². The van der Waals surface area contributed by atoms with Crippen molar-refractivity contribution in [3.63, 3.8) is 0 Å². The molecule has 3 atom stereocenters. The van der Waals surface area contributed by atoms with Crippen LogP contribution in [-0.4, -0.2) is 58.6 Å². The van der Waals surface area contributed by atoms with Crippen LogP contribution in [-0.2, 0) is 19.2 Å². The average molecular weight is 290 g/mol. The fourth-order valence-electron chi connectivity index (χ4n) is 1.16. The lowest BCUT2D eigenvalue weighted by Gasteiger charge is -2.19. The van der Waals surface area contributed by atoms with Crippen LogP contribution in [0.25, 0.3) is 0 Å². The van der Waals surface area contributed by atoms with E-state index in [1.54, 1.807) is 0 Å². The second-order valence-corrected chi connectivity index (χ2v) is 4.09. The number of aliphatic hydroxyl groups is 1. The Morgan fingerprint density at radius 1 is 1.15 bits per heavy atom. The van der Waals surface area contributed by atoms with Crippen LogP contribution >= 0.6 is 0 Å². The highest BCUT2D eigenvalue weighted by atomic mass is 16.4. The van der Waals surface area contributed by atoms with Gasteiger partial charge in [0.2, 0.25) is 17.7 Å². The first kappa shape index (κ1) is 17.8. The van der Waals surface area contributed by atoms with Crippen LogP contribution in [0.2, 0.25) is 0 Å². The molecule has 0 unspecified atom stereocenters. The summed E-state index contributed by atoms with van der Waals surface area (Å²) in [6.45, 7) is 0.461. The summed E-state index contributed by atoms with van der Waals surface area (Å²) in [5.74, 6) is -3.81. The van der Waals surface area contributed by atoms with E-state index in [0.29, 0.717) is 0 Å². The minimum Gasteiger partial charge on any atom is -0.480 e. The summed E-state index contributed by atoms with van der Waals surface area (Å²) < 4.78 is 0. The molecule has 0 rings (SSSR count). The standard InChI is InChI=1S/C10H18N4O6/c1-4(10(19)20)13-9(18)6(3-15)14-8(17)5(11)2-7(12)16/h4-6,15H,2-3,11H2,1H3,(H2,12,16)(H,13,18)(H,14,17)(H,19,20)/t4-,5-,6+/m1/s1. The summed E-state index contributed by atoms with van der Waals surface area (Å²) in [5, 5.41) is 21.8. The SMILES string of the molecule is C[C@@H](NC(=O)[C@H](CO)NC(=O)[C@H](N)CC(N)=O)C(=O)O. The lowest BCUT2D eigenvalue weighted by Crippen LogP contribution is -2.55. The number of carboxylic acids is 1. The van der Waals surface area contributed by atoms with Crippen LogP contribution in [0, 0.1) is 0 Å². The van der Waals surface area contributed by atoms with Gasteiger partial charge in [0.1, 0.15) is 12.1 Å². The Morgan fingerprint density at radius 2 is 1.70 bits per heavy atom. The van der Waals surface area contributed by atoms with Crippen LogP contribution in [0.15, 0.2) is 0 Å². The van der Waals surface area contributed by atoms with Crippen molar-refractivity contribution < 1.29 is 29.4 Å². The second-order valence-electron chi connectivity index (χ2n) is 4.09. The number of nitrogens with one attached hydrogen (secondary N) is 2. The number of carbonyl (C=O) groups excluding carboxylic acids is 3. The van der Waals surface area contributed by atoms with Crippen molar-refractivity contribution in [2.24, 2.45) is 11.5 Å². The third-order valence-electron chi connectivity index (χ3n) is 2.30. The van der Waals surface area contributed by atoms with Gasteiger partial charge in [-0.15, -0.1) is 0 Å². The molecule has 0 aliphatic heterocycles. The molecule has 0 saturated carbocycles. The topological polar surface area (TPSA) is 185 Å². The van der Waals surface area contributed by atoms with Gasteiger partial charge in [-0.05, 0) is 6.92 Å². The number of primary amides is 1. The Labute approximate surface area is 114 Å². The third-order valence-corrected chi connectivity index (χ3v) is 2.30. The van der Waals surface area contributed by atoms with E-state index in [1.165, 1.54) is 6.92 Å². The molecule has 0 fully saturated rings. The molecular weight excluding hydrogens is 272 g/mol. The van der Waals surface area contributed by atoms with E-state index in [1.807, 2.05) is 0 Å². The predicted molar refractivity (Wildman–Crippen MR) is 66.0 cm³/mol. The largest absolute Gasteiger partial charge is 0.480 e. The monoisotopic (exact) mass is 290 g/mol. The summed E-state index contributed by atoms with van der Waals surface area (Å²) in [7, 11) is 0. The van der Waals surface area contributed by atoms with Gasteiger partial charge in [-0.25, -0.2) is 0 Å². The first-order valence-corrected chi connectivity index (χ1v) is 5.67. The third kappa shape index (κ3) is 6.11. The Kier molecular flexibility index (Phi) is 7.18. The fraction of sp³-hybridized carbons (Fsp3) is 0.600. The molecule has 0 aliphatic rings. The number of carboxylic acid groups (broad SMARTS) is 1. The molecule has 0 radical (unpaired) electrons. The highest BCUT2D eigenvalue weighted by Gasteiger charge is 2.26. The molecule has 8 N–H and O–H groups in total. The number of aliphatic hydroxyl groups excluding tert-OH is 1. The molecule has 3 amide bonds. The van der Waals surface area contributed by atoms with E-state index < -0.39 is 54.8 Å². The van der Waals surface area contributed by atoms with E-state index in [0.717, 1.165) is 0 Å². The maximum absolute atomic E-state index is 11.6. The molecule has 0 saturated heterocycles. The summed E-state index contributed by atoms with van der Waals surface area (Å²) in [6.07, 6.45) is -0.420. The van der Waals surface area contributed by atoms with Crippen molar-refractivity contribution in [2.75, 3.05) is 6.61 Å². The second kappa shape index (κ2) is 8.07. The van der Waals surface area contributed by atoms with Gasteiger partial charge in [-0.1, -0.05) is 0 Å². The molecular formula is C10H18N4O6. The van der Waals surface area contributed by atoms with Gasteiger partial charge in [0, 0.05) is 0 Å². The molecule has 20 heavy (non-hydrogen) atoms. The molecule has 0 bridgehead atoms. The molecule has 10 nitrogen and oxygen atoms in total. The molecule has 0 aromatic heterocycles. The first-order valence-electron chi connectivity index (χ1n) is 5.67. The number of amides is 3. The maximum Gasteiger partial charge on any atom is 0.325 e. The van der Waals surface area contributed by atoms with Gasteiger partial charge in [0.25, 0.3) is 0 Å². The molecule has 114 valence electrons. The minimum absolute atomic E-state index is 0.420. The number of hydrogen-bond donors (Lipinski definition) is 6. The molecule has 10 heteroatoms. The van der Waals surface area contributed by atoms with Gasteiger partial charge in [-0.3, -0.25) is 19.2 Å². The van der Waals surface area contributed by atoms with Crippen molar-refractivity contribution in [1.82, 2.24) is 10.6 Å². The average Bonchev–Trinajstić information content (AvgIpc) is 2.34. The molecule has 0 spiro atoms. The summed E-state index contributed by atoms with van der Waals surface area (Å²) in [5.41, 5.74) is 10.2. The highest BCUT2D eigenvalue weighted by molar-refractivity contribution is 5.93. The van der Waals surface area contributed by atoms with Crippen molar-refractivity contribution in [2.45, 2.75) is 31.5 Å². The summed E-state index contributed by atoms with van der Waals surface area (Å²) >= 11 is 0. The maximum atomic E-state index is 11.6. The zero-order chi connectivity index (χ0) is 15.9. The molecule has 0 heterocycles. The van der Waals surface area contributed by atoms with Gasteiger partial charge in [0.05, 0.1) is 19.1 Å². The van der Waals surface area contributed by atoms with E-state index in [2.05, 4.69) is 10.6 Å². The Hall–Kier alpha value is -2.20. The first-order chi connectivity index (χ1) is 9.18. The fourth-order valence-corrected chi connectivity index (χ4v) is 1.16. The lowest BCUT2D eigenvalue weighted by atomic mass is 10.1. The van der Waals surface area contributed by atoms with Gasteiger partial charge in [0.15, 0.2) is 0 Å². The van der Waals surface area contributed by atoms with E-state index >= 15 is 0 Å². The Balaban J connectivity index is 4.53. The number of hydrogen-bond acceptors (Lipinski definition) is 6. The molecule has 0 aliphatic carbocycles. The highest BCUT2D eigenvalue weighted by Crippen LogP contribution is 1.92. The zero-order valence-corrected chi connectivity index (χ0v) is 10.8. The smallest absolute Gasteiger partial charge is 0.325 e. The van der Waals surface area contributed by atoms with Gasteiger partial charge >= 0.3 is 5.97 Å². The quantitative estimate of drug-likeness (QED) is 0.265. The van der Waals surface area contributed by atoms with Gasteiger partial charge < -0.3 is 32.3 Å². The minimum atomic E-state index is -1.37. The summed E-state index contributed by atoms with van der Waals surface area (Å²) in [4.78, 5) is 44.3. The Morgan fingerprint density at radius 3 is 2.10 bits per heavy atom. The number of carbonyl (C=O) groups is 4. The van der Waals surface area contributed by atoms with Crippen molar-refractivity contribution in [1.29, 1.82) is 0 Å². The van der Waals surface area contributed by atoms with E-state index in [-0.39, 0.29) is 0 Å². The van der Waals surface area contributed by atoms with E-state index in [9.17, 15) is 19.2 Å². The lowest BCUT2D eigenvalue weighted by molar-refractivity contribution is -0.142. The summed E-state index contributed by atoms with van der Waals surface area (Å²) in [6, 6.07) is -3.82. The van der Waals surface area contributed by atoms with Crippen molar-refractivity contribution in [3.05, 3.63) is 0 Å². The van der Waals surface area contributed by atoms with Crippen LogP contribution in [0.4, 0.5) is 0 Å². The molecule has 0 aromatic carbocycles. The van der Waals surface area contributed by atoms with Crippen molar-refractivity contribution in [3.8, 4) is 0 Å². The molecule has 0 aromatic rings. The van der Waals surface area contributed by atoms with Crippen LogP contribution < -0.4 is 22.1 Å². The Bertz CT molecular complexity index is 399.